The highest BCUT2D eigenvalue weighted by molar-refractivity contribution is 5.76. The third kappa shape index (κ3) is 16.5. The fourth-order valence-corrected chi connectivity index (χ4v) is 4.83. The summed E-state index contributed by atoms with van der Waals surface area (Å²) in [6.07, 6.45) is -0.00829. The van der Waals surface area contributed by atoms with Gasteiger partial charge in [0.1, 0.15) is 11.6 Å². The van der Waals surface area contributed by atoms with Crippen molar-refractivity contribution < 1.29 is 29.0 Å². The van der Waals surface area contributed by atoms with E-state index in [4.69, 9.17) is 9.47 Å². The van der Waals surface area contributed by atoms with Crippen molar-refractivity contribution >= 4 is 18.1 Å². The lowest BCUT2D eigenvalue weighted by atomic mass is 10.0. The predicted molar refractivity (Wildman–Crippen MR) is 171 cm³/mol. The van der Waals surface area contributed by atoms with Crippen molar-refractivity contribution in [3.8, 4) is 0 Å². The number of aliphatic hydroxyl groups excluding tert-OH is 1. The van der Waals surface area contributed by atoms with E-state index < -0.39 is 29.9 Å². The molecular weight excluding hydrogens is 548 g/mol. The number of ether oxygens (including phenoxy) is 2. The predicted octanol–water partition coefficient (Wildman–Crippen LogP) is 4.74. The van der Waals surface area contributed by atoms with Crippen LogP contribution in [0.5, 0.6) is 0 Å². The minimum atomic E-state index is -1.06. The molecule has 0 bridgehead atoms. The van der Waals surface area contributed by atoms with Gasteiger partial charge in [0, 0.05) is 19.1 Å². The second-order valence-corrected chi connectivity index (χ2v) is 13.7. The summed E-state index contributed by atoms with van der Waals surface area (Å²) >= 11 is 0. The quantitative estimate of drug-likeness (QED) is 0.189. The monoisotopic (exact) mass is 606 g/mol. The number of esters is 1. The summed E-state index contributed by atoms with van der Waals surface area (Å²) in [6.45, 7) is 18.4. The number of amides is 3. The summed E-state index contributed by atoms with van der Waals surface area (Å²) in [7, 11) is 1.38. The van der Waals surface area contributed by atoms with Gasteiger partial charge in [-0.2, -0.15) is 0 Å². The van der Waals surface area contributed by atoms with Crippen molar-refractivity contribution in [2.75, 3.05) is 26.7 Å². The molecule has 1 aromatic rings. The molecule has 10 heteroatoms. The average Bonchev–Trinajstić information content (AvgIpc) is 2.88. The molecule has 0 radical (unpaired) electrons. The molecule has 0 aliphatic heterocycles. The topological polar surface area (TPSA) is 129 Å². The third-order valence-electron chi connectivity index (χ3n) is 6.63. The van der Waals surface area contributed by atoms with Crippen molar-refractivity contribution in [3.05, 3.63) is 35.9 Å². The van der Waals surface area contributed by atoms with E-state index in [0.717, 1.165) is 5.56 Å². The van der Waals surface area contributed by atoms with E-state index in [1.807, 2.05) is 58.0 Å². The van der Waals surface area contributed by atoms with E-state index in [9.17, 15) is 19.5 Å². The Kier molecular flexibility index (Phi) is 16.6. The Morgan fingerprint density at radius 2 is 1.49 bits per heavy atom. The Morgan fingerprint density at radius 1 is 0.884 bits per heavy atom. The van der Waals surface area contributed by atoms with Crippen LogP contribution in [0, 0.1) is 17.8 Å². The second-order valence-electron chi connectivity index (χ2n) is 13.7. The molecule has 1 aromatic carbocycles. The number of urea groups is 1. The van der Waals surface area contributed by atoms with Crippen molar-refractivity contribution in [2.45, 2.75) is 111 Å². The number of benzene rings is 1. The number of aliphatic hydroxyl groups is 1. The van der Waals surface area contributed by atoms with E-state index in [2.05, 4.69) is 29.8 Å². The van der Waals surface area contributed by atoms with Crippen LogP contribution < -0.4 is 16.0 Å². The zero-order valence-corrected chi connectivity index (χ0v) is 28.1. The standard InChI is InChI=1S/C33H58N4O6/c1-22(2)16-26(19-34-28(17-23(3)4)30(39)42-10)35-31(40)37(20-24(5)6)21-29(38)27(18-25-14-12-11-13-15-25)36-32(41)43-33(7,8)9/h11-15,22-24,26-29,34,38H,16-21H2,1-10H3,(H,35,40)(H,36,41). The van der Waals surface area contributed by atoms with Gasteiger partial charge < -0.3 is 35.4 Å². The number of carbonyl (C=O) groups is 3. The minimum Gasteiger partial charge on any atom is -0.468 e. The number of hydrogen-bond donors (Lipinski definition) is 4. The molecule has 0 heterocycles. The van der Waals surface area contributed by atoms with Crippen LogP contribution in [-0.2, 0) is 20.7 Å². The SMILES string of the molecule is COC(=O)C(CC(C)C)NCC(CC(C)C)NC(=O)N(CC(C)C)CC(O)C(Cc1ccccc1)NC(=O)OC(C)(C)C. The number of alkyl carbamates (subject to hydrolysis) is 1. The second kappa shape index (κ2) is 18.7. The van der Waals surface area contributed by atoms with Gasteiger partial charge in [-0.15, -0.1) is 0 Å². The number of rotatable bonds is 17. The summed E-state index contributed by atoms with van der Waals surface area (Å²) < 4.78 is 10.5. The molecule has 0 spiro atoms. The first kappa shape index (κ1) is 38.2. The van der Waals surface area contributed by atoms with Crippen molar-refractivity contribution in [1.82, 2.24) is 20.9 Å². The van der Waals surface area contributed by atoms with Crippen LogP contribution in [0.2, 0.25) is 0 Å². The summed E-state index contributed by atoms with van der Waals surface area (Å²) in [5.41, 5.74) is 0.240. The van der Waals surface area contributed by atoms with E-state index in [0.29, 0.717) is 38.3 Å². The molecule has 0 saturated heterocycles. The van der Waals surface area contributed by atoms with Crippen molar-refractivity contribution in [3.63, 3.8) is 0 Å². The zero-order valence-electron chi connectivity index (χ0n) is 28.1. The maximum absolute atomic E-state index is 13.7. The largest absolute Gasteiger partial charge is 0.468 e. The highest BCUT2D eigenvalue weighted by Gasteiger charge is 2.30. The number of nitrogens with zero attached hydrogens (tertiary/aromatic N) is 1. The fraction of sp³-hybridized carbons (Fsp3) is 0.727. The molecule has 10 nitrogen and oxygen atoms in total. The van der Waals surface area contributed by atoms with Crippen LogP contribution in [0.15, 0.2) is 30.3 Å². The molecule has 0 saturated carbocycles. The first-order valence-corrected chi connectivity index (χ1v) is 15.6. The average molecular weight is 607 g/mol. The van der Waals surface area contributed by atoms with Crippen LogP contribution in [0.1, 0.15) is 80.7 Å². The molecule has 43 heavy (non-hydrogen) atoms. The highest BCUT2D eigenvalue weighted by Crippen LogP contribution is 2.14. The van der Waals surface area contributed by atoms with Gasteiger partial charge in [0.25, 0.3) is 0 Å². The van der Waals surface area contributed by atoms with Gasteiger partial charge in [-0.3, -0.25) is 4.79 Å². The Bertz CT molecular complexity index is 964. The van der Waals surface area contributed by atoms with Gasteiger partial charge in [0.2, 0.25) is 0 Å². The molecule has 0 fully saturated rings. The molecule has 4 N–H and O–H groups in total. The highest BCUT2D eigenvalue weighted by atomic mass is 16.6. The molecule has 0 aliphatic rings. The first-order chi connectivity index (χ1) is 20.0. The number of methoxy groups -OCH3 is 1. The summed E-state index contributed by atoms with van der Waals surface area (Å²) in [5.74, 6) is 0.401. The van der Waals surface area contributed by atoms with Gasteiger partial charge in [-0.05, 0) is 63.4 Å². The lowest BCUT2D eigenvalue weighted by molar-refractivity contribution is -0.143. The zero-order chi connectivity index (χ0) is 32.7. The minimum absolute atomic E-state index is 0.0112. The molecule has 0 aromatic heterocycles. The molecule has 3 amide bonds. The van der Waals surface area contributed by atoms with E-state index in [-0.39, 0.29) is 36.4 Å². The Balaban J connectivity index is 3.12. The third-order valence-corrected chi connectivity index (χ3v) is 6.63. The summed E-state index contributed by atoms with van der Waals surface area (Å²) in [6, 6.07) is 7.85. The Hall–Kier alpha value is -2.85. The molecular formula is C33H58N4O6. The van der Waals surface area contributed by atoms with Gasteiger partial charge >= 0.3 is 18.1 Å². The lowest BCUT2D eigenvalue weighted by Crippen LogP contribution is -2.56. The number of nitrogens with one attached hydrogen (secondary N) is 3. The van der Waals surface area contributed by atoms with Crippen LogP contribution in [0.3, 0.4) is 0 Å². The van der Waals surface area contributed by atoms with Gasteiger partial charge in [-0.25, -0.2) is 9.59 Å². The normalized spacial score (nSPS) is 14.7. The molecule has 4 atom stereocenters. The first-order valence-electron chi connectivity index (χ1n) is 15.6. The molecule has 246 valence electrons. The summed E-state index contributed by atoms with van der Waals surface area (Å²) in [4.78, 5) is 40.3. The van der Waals surface area contributed by atoms with Gasteiger partial charge in [0.05, 0.1) is 25.8 Å². The number of carbonyl (C=O) groups excluding carboxylic acids is 3. The molecule has 1 rings (SSSR count). The van der Waals surface area contributed by atoms with E-state index >= 15 is 0 Å². The van der Waals surface area contributed by atoms with Crippen molar-refractivity contribution in [1.29, 1.82) is 0 Å². The summed E-state index contributed by atoms with van der Waals surface area (Å²) in [5, 5.41) is 20.7. The molecule has 4 unspecified atom stereocenters. The fourth-order valence-electron chi connectivity index (χ4n) is 4.83. The van der Waals surface area contributed by atoms with Crippen LogP contribution >= 0.6 is 0 Å². The van der Waals surface area contributed by atoms with Crippen LogP contribution in [0.4, 0.5) is 9.59 Å². The van der Waals surface area contributed by atoms with E-state index in [1.165, 1.54) is 7.11 Å². The van der Waals surface area contributed by atoms with Gasteiger partial charge in [-0.1, -0.05) is 71.9 Å². The van der Waals surface area contributed by atoms with Gasteiger partial charge in [0.15, 0.2) is 0 Å². The number of hydrogen-bond acceptors (Lipinski definition) is 7. The van der Waals surface area contributed by atoms with Crippen LogP contribution in [0.25, 0.3) is 0 Å². The van der Waals surface area contributed by atoms with E-state index in [1.54, 1.807) is 25.7 Å². The maximum Gasteiger partial charge on any atom is 0.407 e. The lowest BCUT2D eigenvalue weighted by Gasteiger charge is -2.33. The van der Waals surface area contributed by atoms with Crippen molar-refractivity contribution in [2.24, 2.45) is 17.8 Å². The maximum atomic E-state index is 13.7. The smallest absolute Gasteiger partial charge is 0.407 e. The molecule has 0 aliphatic carbocycles. The Morgan fingerprint density at radius 3 is 2.00 bits per heavy atom. The Labute approximate surface area is 259 Å². The van der Waals surface area contributed by atoms with Crippen LogP contribution in [-0.4, -0.2) is 84.7 Å².